The number of benzene rings is 2. The topological polar surface area (TPSA) is 101 Å². The Bertz CT molecular complexity index is 1100. The number of hydrogen-bond acceptors (Lipinski definition) is 9. The average molecular weight is 410 g/mol. The Kier molecular flexibility index (Phi) is 5.43. The summed E-state index contributed by atoms with van der Waals surface area (Å²) >= 11 is 1.40. The Labute approximate surface area is 171 Å². The van der Waals surface area contributed by atoms with Gasteiger partial charge < -0.3 is 13.9 Å². The Morgan fingerprint density at radius 2 is 1.83 bits per heavy atom. The lowest BCUT2D eigenvalue weighted by Crippen LogP contribution is -2.03. The molecule has 0 saturated heterocycles. The monoisotopic (exact) mass is 410 g/mol. The third kappa shape index (κ3) is 3.92. The maximum Gasteiger partial charge on any atom is 0.247 e. The first-order valence-electron chi connectivity index (χ1n) is 8.76. The standard InChI is InChI=1S/C19H18N6O3S/c1-12(17-20-21-18(28-17)13-7-5-4-6-8-13)29-19-22-23-24-25(19)15-11-14(26-2)9-10-16(15)27-3/h4-12H,1-3H3. The molecule has 0 aliphatic heterocycles. The Hall–Kier alpha value is -3.40. The number of tetrazole rings is 1. The second-order valence-electron chi connectivity index (χ2n) is 5.98. The van der Waals surface area contributed by atoms with Crippen LogP contribution in [-0.4, -0.2) is 44.6 Å². The van der Waals surface area contributed by atoms with Gasteiger partial charge in [0.05, 0.1) is 19.5 Å². The van der Waals surface area contributed by atoms with Crippen LogP contribution in [0.4, 0.5) is 0 Å². The molecule has 29 heavy (non-hydrogen) atoms. The van der Waals surface area contributed by atoms with Crippen LogP contribution in [0.5, 0.6) is 11.5 Å². The van der Waals surface area contributed by atoms with E-state index in [9.17, 15) is 0 Å². The van der Waals surface area contributed by atoms with Gasteiger partial charge in [-0.15, -0.1) is 15.3 Å². The molecule has 2 heterocycles. The second-order valence-corrected chi connectivity index (χ2v) is 7.29. The average Bonchev–Trinajstić information content (AvgIpc) is 3.44. The molecule has 2 aromatic carbocycles. The molecular formula is C19H18N6O3S. The highest BCUT2D eigenvalue weighted by atomic mass is 32.2. The van der Waals surface area contributed by atoms with Crippen molar-refractivity contribution in [1.29, 1.82) is 0 Å². The summed E-state index contributed by atoms with van der Waals surface area (Å²) in [5.74, 6) is 2.25. The molecular weight excluding hydrogens is 392 g/mol. The summed E-state index contributed by atoms with van der Waals surface area (Å²) in [5.41, 5.74) is 1.54. The van der Waals surface area contributed by atoms with Crippen molar-refractivity contribution in [2.75, 3.05) is 14.2 Å². The van der Waals surface area contributed by atoms with E-state index in [1.165, 1.54) is 11.8 Å². The Morgan fingerprint density at radius 1 is 1.00 bits per heavy atom. The van der Waals surface area contributed by atoms with Gasteiger partial charge in [0.25, 0.3) is 0 Å². The molecule has 0 saturated carbocycles. The minimum absolute atomic E-state index is 0.165. The molecule has 10 heteroatoms. The van der Waals surface area contributed by atoms with E-state index in [1.807, 2.05) is 49.4 Å². The highest BCUT2D eigenvalue weighted by Gasteiger charge is 2.21. The molecule has 0 aliphatic rings. The van der Waals surface area contributed by atoms with Gasteiger partial charge in [-0.2, -0.15) is 4.68 Å². The number of rotatable bonds is 7. The zero-order chi connectivity index (χ0) is 20.2. The molecule has 9 nitrogen and oxygen atoms in total. The number of methoxy groups -OCH3 is 2. The van der Waals surface area contributed by atoms with Gasteiger partial charge in [0.2, 0.25) is 16.9 Å². The number of ether oxygens (including phenoxy) is 2. The van der Waals surface area contributed by atoms with E-state index in [2.05, 4.69) is 25.7 Å². The van der Waals surface area contributed by atoms with E-state index in [-0.39, 0.29) is 5.25 Å². The molecule has 0 N–H and O–H groups in total. The van der Waals surface area contributed by atoms with Gasteiger partial charge in [0.1, 0.15) is 17.2 Å². The molecule has 0 bridgehead atoms. The zero-order valence-electron chi connectivity index (χ0n) is 16.0. The smallest absolute Gasteiger partial charge is 0.247 e. The van der Waals surface area contributed by atoms with Crippen LogP contribution in [0.15, 0.2) is 58.1 Å². The van der Waals surface area contributed by atoms with Gasteiger partial charge in [0, 0.05) is 11.6 Å². The van der Waals surface area contributed by atoms with Crippen molar-refractivity contribution in [2.45, 2.75) is 17.3 Å². The van der Waals surface area contributed by atoms with Gasteiger partial charge in [-0.25, -0.2) is 0 Å². The van der Waals surface area contributed by atoms with Crippen LogP contribution in [0.1, 0.15) is 18.1 Å². The van der Waals surface area contributed by atoms with Gasteiger partial charge in [-0.1, -0.05) is 30.0 Å². The SMILES string of the molecule is COc1ccc(OC)c(-n2nnnc2SC(C)c2nnc(-c3ccccc3)o2)c1. The third-order valence-corrected chi connectivity index (χ3v) is 5.17. The summed E-state index contributed by atoms with van der Waals surface area (Å²) in [5, 5.41) is 20.8. The summed E-state index contributed by atoms with van der Waals surface area (Å²) in [6.07, 6.45) is 0. The van der Waals surface area contributed by atoms with Crippen LogP contribution in [0.2, 0.25) is 0 Å². The molecule has 148 valence electrons. The maximum atomic E-state index is 5.84. The van der Waals surface area contributed by atoms with Crippen molar-refractivity contribution in [3.8, 4) is 28.6 Å². The minimum atomic E-state index is -0.165. The normalized spacial score (nSPS) is 12.0. The summed E-state index contributed by atoms with van der Waals surface area (Å²) in [6, 6.07) is 15.1. The summed E-state index contributed by atoms with van der Waals surface area (Å²) in [7, 11) is 3.19. The molecule has 4 aromatic rings. The first kappa shape index (κ1) is 18.9. The van der Waals surface area contributed by atoms with Gasteiger partial charge >= 0.3 is 0 Å². The molecule has 2 aromatic heterocycles. The molecule has 0 radical (unpaired) electrons. The molecule has 0 amide bonds. The van der Waals surface area contributed by atoms with Crippen molar-refractivity contribution in [3.05, 3.63) is 54.4 Å². The lowest BCUT2D eigenvalue weighted by atomic mass is 10.2. The van der Waals surface area contributed by atoms with Crippen molar-refractivity contribution >= 4 is 11.8 Å². The van der Waals surface area contributed by atoms with Crippen LogP contribution in [0.25, 0.3) is 17.1 Å². The lowest BCUT2D eigenvalue weighted by Gasteiger charge is -2.12. The number of nitrogens with zero attached hydrogens (tertiary/aromatic N) is 6. The first-order chi connectivity index (χ1) is 14.2. The number of thioether (sulfide) groups is 1. The fourth-order valence-electron chi connectivity index (χ4n) is 2.67. The van der Waals surface area contributed by atoms with Crippen LogP contribution in [0.3, 0.4) is 0 Å². The van der Waals surface area contributed by atoms with Gasteiger partial charge in [-0.05, 0) is 41.6 Å². The fraction of sp³-hybridized carbons (Fsp3) is 0.211. The number of hydrogen-bond donors (Lipinski definition) is 0. The highest BCUT2D eigenvalue weighted by molar-refractivity contribution is 7.99. The second kappa shape index (κ2) is 8.31. The van der Waals surface area contributed by atoms with Crippen LogP contribution < -0.4 is 9.47 Å². The first-order valence-corrected chi connectivity index (χ1v) is 9.64. The van der Waals surface area contributed by atoms with E-state index in [0.717, 1.165) is 5.56 Å². The van der Waals surface area contributed by atoms with Crippen molar-refractivity contribution in [2.24, 2.45) is 0 Å². The summed E-state index contributed by atoms with van der Waals surface area (Å²) in [6.45, 7) is 1.95. The maximum absolute atomic E-state index is 5.84. The quantitative estimate of drug-likeness (QED) is 0.423. The minimum Gasteiger partial charge on any atom is -0.497 e. The largest absolute Gasteiger partial charge is 0.497 e. The highest BCUT2D eigenvalue weighted by Crippen LogP contribution is 2.36. The van der Waals surface area contributed by atoms with Crippen molar-refractivity contribution in [3.63, 3.8) is 0 Å². The van der Waals surface area contributed by atoms with E-state index < -0.39 is 0 Å². The van der Waals surface area contributed by atoms with Crippen LogP contribution >= 0.6 is 11.8 Å². The molecule has 0 fully saturated rings. The predicted molar refractivity (Wildman–Crippen MR) is 106 cm³/mol. The molecule has 0 aliphatic carbocycles. The lowest BCUT2D eigenvalue weighted by molar-refractivity contribution is 0.399. The molecule has 4 rings (SSSR count). The Balaban J connectivity index is 1.59. The van der Waals surface area contributed by atoms with E-state index >= 15 is 0 Å². The fourth-order valence-corrected chi connectivity index (χ4v) is 3.50. The van der Waals surface area contributed by atoms with E-state index in [1.54, 1.807) is 25.0 Å². The molecule has 1 unspecified atom stereocenters. The van der Waals surface area contributed by atoms with Crippen LogP contribution in [0, 0.1) is 0 Å². The van der Waals surface area contributed by atoms with E-state index in [0.29, 0.717) is 34.1 Å². The van der Waals surface area contributed by atoms with Crippen molar-refractivity contribution < 1.29 is 13.9 Å². The van der Waals surface area contributed by atoms with E-state index in [4.69, 9.17) is 13.9 Å². The summed E-state index contributed by atoms with van der Waals surface area (Å²) < 4.78 is 18.2. The van der Waals surface area contributed by atoms with Gasteiger partial charge in [-0.3, -0.25) is 0 Å². The number of aromatic nitrogens is 6. The van der Waals surface area contributed by atoms with Crippen molar-refractivity contribution in [1.82, 2.24) is 30.4 Å². The summed E-state index contributed by atoms with van der Waals surface area (Å²) in [4.78, 5) is 0. The molecule has 1 atom stereocenters. The van der Waals surface area contributed by atoms with Crippen LogP contribution in [-0.2, 0) is 0 Å². The zero-order valence-corrected chi connectivity index (χ0v) is 16.8. The Morgan fingerprint density at radius 3 is 2.59 bits per heavy atom. The molecule has 0 spiro atoms. The van der Waals surface area contributed by atoms with Gasteiger partial charge in [0.15, 0.2) is 0 Å². The third-order valence-electron chi connectivity index (χ3n) is 4.15. The predicted octanol–water partition coefficient (Wildman–Crippen LogP) is 3.58.